The van der Waals surface area contributed by atoms with E-state index in [-0.39, 0.29) is 6.04 Å². The standard InChI is InChI=1S/C19H28F3N3O2/c1-14(12-26-3)25-17(23-2)24-13-18(7-9-27-10-8-18)15-5-4-6-16(11-15)19(20,21)22/h4-6,11,14H,7-10,12-13H2,1-3H3,(H2,23,24,25). The highest BCUT2D eigenvalue weighted by Gasteiger charge is 2.37. The van der Waals surface area contributed by atoms with Gasteiger partial charge in [-0.1, -0.05) is 18.2 Å². The van der Waals surface area contributed by atoms with Gasteiger partial charge >= 0.3 is 6.18 Å². The first-order chi connectivity index (χ1) is 12.8. The van der Waals surface area contributed by atoms with E-state index in [0.29, 0.717) is 50.7 Å². The Bertz CT molecular complexity index is 629. The van der Waals surface area contributed by atoms with Crippen LogP contribution in [0.3, 0.4) is 0 Å². The largest absolute Gasteiger partial charge is 0.416 e. The minimum Gasteiger partial charge on any atom is -0.383 e. The third-order valence-corrected chi connectivity index (χ3v) is 4.87. The molecule has 27 heavy (non-hydrogen) atoms. The second-order valence-corrected chi connectivity index (χ2v) is 6.90. The van der Waals surface area contributed by atoms with Gasteiger partial charge in [-0.25, -0.2) is 0 Å². The van der Waals surface area contributed by atoms with Crippen LogP contribution in [0.2, 0.25) is 0 Å². The molecule has 8 heteroatoms. The summed E-state index contributed by atoms with van der Waals surface area (Å²) in [4.78, 5) is 4.20. The molecule has 152 valence electrons. The molecule has 0 bridgehead atoms. The van der Waals surface area contributed by atoms with Gasteiger partial charge in [0.15, 0.2) is 5.96 Å². The van der Waals surface area contributed by atoms with Crippen molar-refractivity contribution in [2.75, 3.05) is 40.5 Å². The maximum Gasteiger partial charge on any atom is 0.416 e. The minimum absolute atomic E-state index is 0.0559. The number of methoxy groups -OCH3 is 1. The Kier molecular flexibility index (Phi) is 7.49. The summed E-state index contributed by atoms with van der Waals surface area (Å²) in [6.07, 6.45) is -3.07. The third-order valence-electron chi connectivity index (χ3n) is 4.87. The number of ether oxygens (including phenoxy) is 2. The molecule has 1 saturated heterocycles. The molecule has 1 heterocycles. The number of benzene rings is 1. The lowest BCUT2D eigenvalue weighted by molar-refractivity contribution is -0.137. The molecule has 2 rings (SSSR count). The van der Waals surface area contributed by atoms with Gasteiger partial charge in [0, 0.05) is 45.4 Å². The van der Waals surface area contributed by atoms with Crippen LogP contribution in [0, 0.1) is 0 Å². The fourth-order valence-electron chi connectivity index (χ4n) is 3.33. The van der Waals surface area contributed by atoms with Crippen molar-refractivity contribution in [2.24, 2.45) is 4.99 Å². The van der Waals surface area contributed by atoms with Crippen molar-refractivity contribution in [3.8, 4) is 0 Å². The summed E-state index contributed by atoms with van der Waals surface area (Å²) in [7, 11) is 3.29. The molecule has 1 atom stereocenters. The molecule has 1 aromatic carbocycles. The van der Waals surface area contributed by atoms with Crippen LogP contribution >= 0.6 is 0 Å². The van der Waals surface area contributed by atoms with Crippen LogP contribution in [0.25, 0.3) is 0 Å². The van der Waals surface area contributed by atoms with Crippen LogP contribution in [0.5, 0.6) is 0 Å². The molecule has 0 aliphatic carbocycles. The first-order valence-corrected chi connectivity index (χ1v) is 9.02. The second kappa shape index (κ2) is 9.41. The van der Waals surface area contributed by atoms with Crippen LogP contribution in [-0.4, -0.2) is 52.5 Å². The summed E-state index contributed by atoms with van der Waals surface area (Å²) in [6, 6.07) is 5.67. The molecule has 5 nitrogen and oxygen atoms in total. The highest BCUT2D eigenvalue weighted by atomic mass is 19.4. The van der Waals surface area contributed by atoms with E-state index in [4.69, 9.17) is 9.47 Å². The van der Waals surface area contributed by atoms with E-state index < -0.39 is 17.2 Å². The molecule has 0 radical (unpaired) electrons. The van der Waals surface area contributed by atoms with E-state index in [1.807, 2.05) is 6.92 Å². The highest BCUT2D eigenvalue weighted by Crippen LogP contribution is 2.37. The maximum absolute atomic E-state index is 13.2. The van der Waals surface area contributed by atoms with Gasteiger partial charge < -0.3 is 20.1 Å². The van der Waals surface area contributed by atoms with Crippen LogP contribution in [0.1, 0.15) is 30.9 Å². The molecule has 1 aromatic rings. The highest BCUT2D eigenvalue weighted by molar-refractivity contribution is 5.80. The summed E-state index contributed by atoms with van der Waals surface area (Å²) in [5, 5.41) is 6.49. The monoisotopic (exact) mass is 387 g/mol. The Labute approximate surface area is 158 Å². The molecule has 0 aromatic heterocycles. The number of nitrogens with zero attached hydrogens (tertiary/aromatic N) is 1. The summed E-state index contributed by atoms with van der Waals surface area (Å²) in [5.74, 6) is 0.595. The Hall–Kier alpha value is -1.80. The number of guanidine groups is 1. The number of nitrogens with one attached hydrogen (secondary N) is 2. The van der Waals surface area contributed by atoms with Crippen LogP contribution in [-0.2, 0) is 21.1 Å². The first-order valence-electron chi connectivity index (χ1n) is 9.02. The fourth-order valence-corrected chi connectivity index (χ4v) is 3.33. The number of hydrogen-bond acceptors (Lipinski definition) is 3. The van der Waals surface area contributed by atoms with Gasteiger partial charge in [-0.15, -0.1) is 0 Å². The molecule has 1 unspecified atom stereocenters. The fraction of sp³-hybridized carbons (Fsp3) is 0.632. The molecule has 0 saturated carbocycles. The van der Waals surface area contributed by atoms with Crippen molar-refractivity contribution in [3.63, 3.8) is 0 Å². The number of hydrogen-bond donors (Lipinski definition) is 2. The summed E-state index contributed by atoms with van der Waals surface area (Å²) >= 11 is 0. The molecule has 2 N–H and O–H groups in total. The maximum atomic E-state index is 13.2. The summed E-state index contributed by atoms with van der Waals surface area (Å²) < 4.78 is 50.1. The van der Waals surface area contributed by atoms with E-state index in [0.717, 1.165) is 6.07 Å². The Morgan fingerprint density at radius 3 is 2.63 bits per heavy atom. The first kappa shape index (κ1) is 21.5. The van der Waals surface area contributed by atoms with Crippen molar-refractivity contribution in [2.45, 2.75) is 37.4 Å². The minimum atomic E-state index is -4.36. The predicted molar refractivity (Wildman–Crippen MR) is 99.0 cm³/mol. The molecule has 1 fully saturated rings. The summed E-state index contributed by atoms with van der Waals surface area (Å²) in [6.45, 7) is 3.99. The SMILES string of the molecule is CN=C(NCC1(c2cccc(C(F)(F)F)c2)CCOCC1)NC(C)COC. The lowest BCUT2D eigenvalue weighted by Crippen LogP contribution is -2.50. The van der Waals surface area contributed by atoms with Gasteiger partial charge in [0.25, 0.3) is 0 Å². The zero-order valence-electron chi connectivity index (χ0n) is 16.0. The van der Waals surface area contributed by atoms with Gasteiger partial charge in [0.2, 0.25) is 0 Å². The smallest absolute Gasteiger partial charge is 0.383 e. The van der Waals surface area contributed by atoms with Crippen LogP contribution < -0.4 is 10.6 Å². The average Bonchev–Trinajstić information content (AvgIpc) is 2.65. The quantitative estimate of drug-likeness (QED) is 0.582. The molecule has 1 aliphatic heterocycles. The van der Waals surface area contributed by atoms with Gasteiger partial charge in [0.1, 0.15) is 0 Å². The van der Waals surface area contributed by atoms with Crippen molar-refractivity contribution in [1.82, 2.24) is 10.6 Å². The van der Waals surface area contributed by atoms with E-state index >= 15 is 0 Å². The number of aliphatic imine (C=N–C) groups is 1. The average molecular weight is 387 g/mol. The van der Waals surface area contributed by atoms with Crippen LogP contribution in [0.4, 0.5) is 13.2 Å². The number of halogens is 3. The summed E-state index contributed by atoms with van der Waals surface area (Å²) in [5.41, 5.74) is -0.391. The zero-order valence-corrected chi connectivity index (χ0v) is 16.0. The Morgan fingerprint density at radius 1 is 1.33 bits per heavy atom. The van der Waals surface area contributed by atoms with Crippen LogP contribution in [0.15, 0.2) is 29.3 Å². The Morgan fingerprint density at radius 2 is 2.04 bits per heavy atom. The number of rotatable bonds is 6. The third kappa shape index (κ3) is 5.84. The van der Waals surface area contributed by atoms with Crippen molar-refractivity contribution < 1.29 is 22.6 Å². The van der Waals surface area contributed by atoms with Crippen molar-refractivity contribution >= 4 is 5.96 Å². The normalized spacial score (nSPS) is 18.8. The van der Waals surface area contributed by atoms with E-state index in [1.54, 1.807) is 20.2 Å². The van der Waals surface area contributed by atoms with Gasteiger partial charge in [0.05, 0.1) is 12.2 Å². The van der Waals surface area contributed by atoms with Crippen molar-refractivity contribution in [3.05, 3.63) is 35.4 Å². The zero-order chi connectivity index (χ0) is 19.9. The van der Waals surface area contributed by atoms with E-state index in [1.165, 1.54) is 12.1 Å². The van der Waals surface area contributed by atoms with Gasteiger partial charge in [-0.3, -0.25) is 4.99 Å². The van der Waals surface area contributed by atoms with Crippen molar-refractivity contribution in [1.29, 1.82) is 0 Å². The molecule has 0 spiro atoms. The lowest BCUT2D eigenvalue weighted by Gasteiger charge is -2.38. The number of alkyl halides is 3. The second-order valence-electron chi connectivity index (χ2n) is 6.90. The van der Waals surface area contributed by atoms with Gasteiger partial charge in [-0.2, -0.15) is 13.2 Å². The van der Waals surface area contributed by atoms with E-state index in [2.05, 4.69) is 15.6 Å². The van der Waals surface area contributed by atoms with E-state index in [9.17, 15) is 13.2 Å². The Balaban J connectivity index is 2.19. The molecule has 1 aliphatic rings. The van der Waals surface area contributed by atoms with Gasteiger partial charge in [-0.05, 0) is 31.4 Å². The topological polar surface area (TPSA) is 54.9 Å². The lowest BCUT2D eigenvalue weighted by atomic mass is 9.73. The molecule has 0 amide bonds. The molecular formula is C19H28F3N3O2. The molecular weight excluding hydrogens is 359 g/mol. The predicted octanol–water partition coefficient (Wildman–Crippen LogP) is 2.95.